The average Bonchev–Trinajstić information content (AvgIpc) is 2.83. The van der Waals surface area contributed by atoms with Gasteiger partial charge in [-0.05, 0) is 38.1 Å². The van der Waals surface area contributed by atoms with Crippen molar-refractivity contribution >= 4 is 16.9 Å². The highest BCUT2D eigenvalue weighted by Crippen LogP contribution is 2.21. The summed E-state index contributed by atoms with van der Waals surface area (Å²) in [5.41, 5.74) is 3.58. The monoisotopic (exact) mass is 294 g/mol. The Labute approximate surface area is 129 Å². The summed E-state index contributed by atoms with van der Waals surface area (Å²) in [5.74, 6) is -0.836. The van der Waals surface area contributed by atoms with Crippen LogP contribution in [-0.4, -0.2) is 20.6 Å². The molecule has 1 N–H and O–H groups in total. The van der Waals surface area contributed by atoms with Crippen LogP contribution < -0.4 is 0 Å². The molecule has 1 aromatic carbocycles. The predicted octanol–water partition coefficient (Wildman–Crippen LogP) is 3.52. The van der Waals surface area contributed by atoms with Gasteiger partial charge in [0, 0.05) is 28.9 Å². The standard InChI is InChI=1S/C18H18N2O2/c1-12-7-8-13(2)20(12)17(18(21)22)11-15-10-9-14-5-3-4-6-16(14)19-15/h3-10,17H,11H2,1-2H3,(H,21,22)/t17-/m1/s1. The van der Waals surface area contributed by atoms with Gasteiger partial charge in [0.15, 0.2) is 0 Å². The predicted molar refractivity (Wildman–Crippen MR) is 86.0 cm³/mol. The van der Waals surface area contributed by atoms with Crippen LogP contribution in [0.2, 0.25) is 0 Å². The van der Waals surface area contributed by atoms with Crippen LogP contribution in [0.25, 0.3) is 10.9 Å². The molecule has 0 radical (unpaired) electrons. The van der Waals surface area contributed by atoms with Crippen molar-refractivity contribution < 1.29 is 9.90 Å². The average molecular weight is 294 g/mol. The molecule has 1 atom stereocenters. The first-order chi connectivity index (χ1) is 10.6. The van der Waals surface area contributed by atoms with Gasteiger partial charge >= 0.3 is 5.97 Å². The number of para-hydroxylation sites is 1. The van der Waals surface area contributed by atoms with E-state index in [0.717, 1.165) is 28.0 Å². The third-order valence-electron chi connectivity index (χ3n) is 3.98. The number of rotatable bonds is 4. The number of benzene rings is 1. The Morgan fingerprint density at radius 3 is 2.45 bits per heavy atom. The molecular weight excluding hydrogens is 276 g/mol. The Kier molecular flexibility index (Phi) is 3.67. The molecule has 0 fully saturated rings. The van der Waals surface area contributed by atoms with E-state index in [4.69, 9.17) is 0 Å². The van der Waals surface area contributed by atoms with Crippen LogP contribution in [0.1, 0.15) is 23.1 Å². The van der Waals surface area contributed by atoms with Gasteiger partial charge in [0.25, 0.3) is 0 Å². The Bertz CT molecular complexity index is 816. The Balaban J connectivity index is 1.98. The molecule has 0 saturated carbocycles. The highest BCUT2D eigenvalue weighted by Gasteiger charge is 2.23. The number of carboxylic acid groups (broad SMARTS) is 1. The lowest BCUT2D eigenvalue weighted by atomic mass is 10.1. The van der Waals surface area contributed by atoms with Crippen molar-refractivity contribution in [1.82, 2.24) is 9.55 Å². The van der Waals surface area contributed by atoms with Crippen molar-refractivity contribution in [2.45, 2.75) is 26.3 Å². The van der Waals surface area contributed by atoms with E-state index in [0.29, 0.717) is 6.42 Å². The summed E-state index contributed by atoms with van der Waals surface area (Å²) in [6.07, 6.45) is 0.372. The molecule has 112 valence electrons. The van der Waals surface area contributed by atoms with Gasteiger partial charge in [0.05, 0.1) is 5.52 Å². The maximum Gasteiger partial charge on any atom is 0.327 e. The Morgan fingerprint density at radius 2 is 1.77 bits per heavy atom. The molecule has 0 aliphatic carbocycles. The van der Waals surface area contributed by atoms with Gasteiger partial charge in [0.2, 0.25) is 0 Å². The lowest BCUT2D eigenvalue weighted by Crippen LogP contribution is -2.23. The minimum atomic E-state index is -0.836. The number of carbonyl (C=O) groups is 1. The molecule has 0 saturated heterocycles. The summed E-state index contributed by atoms with van der Waals surface area (Å²) in [7, 11) is 0. The molecule has 2 aromatic heterocycles. The molecular formula is C18H18N2O2. The third-order valence-corrected chi connectivity index (χ3v) is 3.98. The van der Waals surface area contributed by atoms with Gasteiger partial charge in [-0.25, -0.2) is 4.79 Å². The number of nitrogens with zero attached hydrogens (tertiary/aromatic N) is 2. The van der Waals surface area contributed by atoms with Crippen LogP contribution in [0.15, 0.2) is 48.5 Å². The molecule has 0 amide bonds. The van der Waals surface area contributed by atoms with E-state index >= 15 is 0 Å². The highest BCUT2D eigenvalue weighted by atomic mass is 16.4. The molecule has 2 heterocycles. The fourth-order valence-corrected chi connectivity index (χ4v) is 2.88. The molecule has 0 spiro atoms. The molecule has 0 unspecified atom stereocenters. The molecule has 4 heteroatoms. The van der Waals surface area contributed by atoms with Crippen molar-refractivity contribution in [2.75, 3.05) is 0 Å². The van der Waals surface area contributed by atoms with Crippen molar-refractivity contribution in [3.63, 3.8) is 0 Å². The summed E-state index contributed by atoms with van der Waals surface area (Å²) < 4.78 is 1.86. The number of aliphatic carboxylic acids is 1. The molecule has 4 nitrogen and oxygen atoms in total. The summed E-state index contributed by atoms with van der Waals surface area (Å²) in [5, 5.41) is 10.7. The number of aromatic nitrogens is 2. The van der Waals surface area contributed by atoms with Crippen molar-refractivity contribution in [2.24, 2.45) is 0 Å². The number of pyridine rings is 1. The van der Waals surface area contributed by atoms with Gasteiger partial charge in [-0.3, -0.25) is 4.98 Å². The number of aryl methyl sites for hydroxylation is 2. The van der Waals surface area contributed by atoms with E-state index in [1.54, 1.807) is 0 Å². The molecule has 3 aromatic rings. The van der Waals surface area contributed by atoms with E-state index in [-0.39, 0.29) is 0 Å². The normalized spacial score (nSPS) is 12.5. The Morgan fingerprint density at radius 1 is 1.09 bits per heavy atom. The SMILES string of the molecule is Cc1ccc(C)n1[C@H](Cc1ccc2ccccc2n1)C(=O)O. The maximum atomic E-state index is 11.7. The number of hydrogen-bond donors (Lipinski definition) is 1. The van der Waals surface area contributed by atoms with E-state index in [1.807, 2.05) is 66.9 Å². The summed E-state index contributed by atoms with van der Waals surface area (Å²) in [6.45, 7) is 3.85. The number of carboxylic acids is 1. The first-order valence-corrected chi connectivity index (χ1v) is 7.28. The van der Waals surface area contributed by atoms with E-state index < -0.39 is 12.0 Å². The minimum Gasteiger partial charge on any atom is -0.480 e. The zero-order chi connectivity index (χ0) is 15.7. The summed E-state index contributed by atoms with van der Waals surface area (Å²) in [4.78, 5) is 16.3. The second-order valence-electron chi connectivity index (χ2n) is 5.54. The molecule has 0 aliphatic heterocycles. The first kappa shape index (κ1) is 14.3. The molecule has 22 heavy (non-hydrogen) atoms. The van der Waals surface area contributed by atoms with E-state index in [1.165, 1.54) is 0 Å². The quantitative estimate of drug-likeness (QED) is 0.801. The fourth-order valence-electron chi connectivity index (χ4n) is 2.88. The van der Waals surface area contributed by atoms with Crippen LogP contribution in [-0.2, 0) is 11.2 Å². The van der Waals surface area contributed by atoms with E-state index in [2.05, 4.69) is 4.98 Å². The number of hydrogen-bond acceptors (Lipinski definition) is 2. The zero-order valence-electron chi connectivity index (χ0n) is 12.7. The van der Waals surface area contributed by atoms with Crippen LogP contribution in [0.4, 0.5) is 0 Å². The van der Waals surface area contributed by atoms with Crippen LogP contribution in [0, 0.1) is 13.8 Å². The second kappa shape index (κ2) is 5.64. The lowest BCUT2D eigenvalue weighted by molar-refractivity contribution is -0.141. The summed E-state index contributed by atoms with van der Waals surface area (Å²) in [6, 6.07) is 15.0. The highest BCUT2D eigenvalue weighted by molar-refractivity contribution is 5.78. The number of fused-ring (bicyclic) bond motifs is 1. The Hall–Kier alpha value is -2.62. The molecule has 3 rings (SSSR count). The van der Waals surface area contributed by atoms with Gasteiger partial charge in [-0.2, -0.15) is 0 Å². The third kappa shape index (κ3) is 2.60. The molecule has 0 aliphatic rings. The zero-order valence-corrected chi connectivity index (χ0v) is 12.7. The van der Waals surface area contributed by atoms with Gasteiger partial charge in [-0.15, -0.1) is 0 Å². The minimum absolute atomic E-state index is 0.372. The van der Waals surface area contributed by atoms with Crippen molar-refractivity contribution in [3.05, 3.63) is 65.6 Å². The van der Waals surface area contributed by atoms with Gasteiger partial charge in [0.1, 0.15) is 6.04 Å². The van der Waals surface area contributed by atoms with Crippen LogP contribution in [0.3, 0.4) is 0 Å². The maximum absolute atomic E-state index is 11.7. The smallest absolute Gasteiger partial charge is 0.327 e. The fraction of sp³-hybridized carbons (Fsp3) is 0.222. The van der Waals surface area contributed by atoms with E-state index in [9.17, 15) is 9.90 Å². The largest absolute Gasteiger partial charge is 0.480 e. The summed E-state index contributed by atoms with van der Waals surface area (Å²) >= 11 is 0. The molecule has 0 bridgehead atoms. The van der Waals surface area contributed by atoms with Gasteiger partial charge in [-0.1, -0.05) is 24.3 Å². The second-order valence-corrected chi connectivity index (χ2v) is 5.54. The lowest BCUT2D eigenvalue weighted by Gasteiger charge is -2.18. The van der Waals surface area contributed by atoms with Crippen LogP contribution in [0.5, 0.6) is 0 Å². The van der Waals surface area contributed by atoms with Gasteiger partial charge < -0.3 is 9.67 Å². The topological polar surface area (TPSA) is 55.1 Å². The van der Waals surface area contributed by atoms with Crippen LogP contribution >= 0.6 is 0 Å². The first-order valence-electron chi connectivity index (χ1n) is 7.28. The van der Waals surface area contributed by atoms with Crippen molar-refractivity contribution in [1.29, 1.82) is 0 Å². The van der Waals surface area contributed by atoms with Crippen molar-refractivity contribution in [3.8, 4) is 0 Å².